The topological polar surface area (TPSA) is 86.8 Å². The zero-order valence-electron chi connectivity index (χ0n) is 23.8. The standard InChI is InChI=1S/C32H38FN3O4S/c1-23-16-18-29(19-17-23)41(39,40)36(28-14-9-10-24(2)20-28)22-31(37)35(21-26-11-7-8-15-30(26)33)25(3)32(38)34-27-12-5-4-6-13-27/h7-11,14-20,25,27H,4-6,12-13,21-22H2,1-3H3,(H,34,38). The minimum absolute atomic E-state index is 0.0230. The highest BCUT2D eigenvalue weighted by Gasteiger charge is 2.33. The number of nitrogens with zero attached hydrogens (tertiary/aromatic N) is 2. The molecule has 1 N–H and O–H groups in total. The third kappa shape index (κ3) is 7.52. The molecule has 0 heterocycles. The summed E-state index contributed by atoms with van der Waals surface area (Å²) in [6.45, 7) is 4.55. The van der Waals surface area contributed by atoms with E-state index in [4.69, 9.17) is 0 Å². The summed E-state index contributed by atoms with van der Waals surface area (Å²) >= 11 is 0. The number of halogens is 1. The number of nitrogens with one attached hydrogen (secondary N) is 1. The van der Waals surface area contributed by atoms with Gasteiger partial charge >= 0.3 is 0 Å². The van der Waals surface area contributed by atoms with Gasteiger partial charge in [-0.25, -0.2) is 12.8 Å². The molecule has 3 aromatic rings. The summed E-state index contributed by atoms with van der Waals surface area (Å²) in [4.78, 5) is 28.7. The summed E-state index contributed by atoms with van der Waals surface area (Å²) in [6.07, 6.45) is 4.93. The molecule has 0 saturated heterocycles. The molecular weight excluding hydrogens is 541 g/mol. The van der Waals surface area contributed by atoms with Crippen molar-refractivity contribution in [3.05, 3.63) is 95.3 Å². The van der Waals surface area contributed by atoms with Crippen molar-refractivity contribution >= 4 is 27.5 Å². The molecule has 0 aromatic heterocycles. The molecule has 1 saturated carbocycles. The van der Waals surface area contributed by atoms with Gasteiger partial charge in [-0.1, -0.05) is 67.3 Å². The van der Waals surface area contributed by atoms with Gasteiger partial charge < -0.3 is 10.2 Å². The van der Waals surface area contributed by atoms with E-state index in [-0.39, 0.29) is 29.0 Å². The second-order valence-electron chi connectivity index (χ2n) is 10.8. The van der Waals surface area contributed by atoms with E-state index in [0.29, 0.717) is 5.69 Å². The number of carbonyl (C=O) groups is 2. The van der Waals surface area contributed by atoms with E-state index in [9.17, 15) is 22.4 Å². The van der Waals surface area contributed by atoms with Crippen LogP contribution in [-0.2, 0) is 26.2 Å². The van der Waals surface area contributed by atoms with E-state index < -0.39 is 34.3 Å². The molecule has 1 fully saturated rings. The van der Waals surface area contributed by atoms with Gasteiger partial charge in [0.25, 0.3) is 10.0 Å². The molecule has 0 spiro atoms. The van der Waals surface area contributed by atoms with Gasteiger partial charge in [0.2, 0.25) is 11.8 Å². The molecule has 0 radical (unpaired) electrons. The van der Waals surface area contributed by atoms with E-state index in [0.717, 1.165) is 47.5 Å². The second kappa shape index (κ2) is 13.3. The van der Waals surface area contributed by atoms with E-state index in [1.807, 2.05) is 19.9 Å². The van der Waals surface area contributed by atoms with Gasteiger partial charge in [-0.15, -0.1) is 0 Å². The Labute approximate surface area is 242 Å². The average molecular weight is 580 g/mol. The monoisotopic (exact) mass is 579 g/mol. The van der Waals surface area contributed by atoms with Crippen LogP contribution in [0.3, 0.4) is 0 Å². The molecule has 1 unspecified atom stereocenters. The highest BCUT2D eigenvalue weighted by Crippen LogP contribution is 2.26. The van der Waals surface area contributed by atoms with Crippen molar-refractivity contribution in [3.8, 4) is 0 Å². The predicted octanol–water partition coefficient (Wildman–Crippen LogP) is 5.50. The molecular formula is C32H38FN3O4S. The fraction of sp³-hybridized carbons (Fsp3) is 0.375. The Morgan fingerprint density at radius 1 is 0.927 bits per heavy atom. The van der Waals surface area contributed by atoms with Crippen molar-refractivity contribution in [2.24, 2.45) is 0 Å². The van der Waals surface area contributed by atoms with Crippen LogP contribution in [0.1, 0.15) is 55.7 Å². The van der Waals surface area contributed by atoms with E-state index in [2.05, 4.69) is 5.32 Å². The molecule has 0 bridgehead atoms. The fourth-order valence-electron chi connectivity index (χ4n) is 5.11. The average Bonchev–Trinajstić information content (AvgIpc) is 2.95. The SMILES string of the molecule is Cc1ccc(S(=O)(=O)N(CC(=O)N(Cc2ccccc2F)C(C)C(=O)NC2CCCCC2)c2cccc(C)c2)cc1. The number of hydrogen-bond acceptors (Lipinski definition) is 4. The Kier molecular flexibility index (Phi) is 9.81. The van der Waals surface area contributed by atoms with E-state index in [1.54, 1.807) is 55.5 Å². The number of amides is 2. The quantitative estimate of drug-likeness (QED) is 0.344. The third-order valence-corrected chi connectivity index (χ3v) is 9.38. The van der Waals surface area contributed by atoms with E-state index in [1.165, 1.54) is 23.1 Å². The van der Waals surface area contributed by atoms with Gasteiger partial charge in [0.05, 0.1) is 10.6 Å². The third-order valence-electron chi connectivity index (χ3n) is 7.59. The second-order valence-corrected chi connectivity index (χ2v) is 12.7. The minimum atomic E-state index is -4.15. The lowest BCUT2D eigenvalue weighted by molar-refractivity contribution is -0.139. The van der Waals surface area contributed by atoms with Crippen LogP contribution >= 0.6 is 0 Å². The number of rotatable bonds is 10. The maximum Gasteiger partial charge on any atom is 0.264 e. The maximum absolute atomic E-state index is 14.7. The van der Waals surface area contributed by atoms with Gasteiger partial charge in [-0.05, 0) is 69.5 Å². The molecule has 1 aliphatic rings. The van der Waals surface area contributed by atoms with Crippen LogP contribution in [0.2, 0.25) is 0 Å². The predicted molar refractivity (Wildman–Crippen MR) is 158 cm³/mol. The molecule has 4 rings (SSSR count). The molecule has 9 heteroatoms. The summed E-state index contributed by atoms with van der Waals surface area (Å²) in [6, 6.07) is 18.4. The Balaban J connectivity index is 1.68. The van der Waals surface area contributed by atoms with Crippen molar-refractivity contribution in [1.82, 2.24) is 10.2 Å². The van der Waals surface area contributed by atoms with Gasteiger partial charge in [0.15, 0.2) is 0 Å². The molecule has 0 aliphatic heterocycles. The number of aryl methyl sites for hydroxylation is 2. The molecule has 2 amide bonds. The van der Waals surface area contributed by atoms with Crippen molar-refractivity contribution < 1.29 is 22.4 Å². The first-order chi connectivity index (χ1) is 19.6. The maximum atomic E-state index is 14.7. The number of benzene rings is 3. The normalized spacial score (nSPS) is 14.7. The summed E-state index contributed by atoms with van der Waals surface area (Å²) in [5.41, 5.74) is 2.28. The lowest BCUT2D eigenvalue weighted by Crippen LogP contribution is -2.53. The van der Waals surface area contributed by atoms with Crippen LogP contribution < -0.4 is 9.62 Å². The number of hydrogen-bond donors (Lipinski definition) is 1. The molecule has 218 valence electrons. The first kappa shape index (κ1) is 30.2. The Morgan fingerprint density at radius 2 is 1.61 bits per heavy atom. The van der Waals surface area contributed by atoms with Gasteiger partial charge in [0.1, 0.15) is 18.4 Å². The van der Waals surface area contributed by atoms with Crippen LogP contribution in [0, 0.1) is 19.7 Å². The Bertz CT molecular complexity index is 1470. The van der Waals surface area contributed by atoms with Gasteiger partial charge in [0, 0.05) is 18.2 Å². The van der Waals surface area contributed by atoms with Gasteiger partial charge in [-0.2, -0.15) is 0 Å². The van der Waals surface area contributed by atoms with Crippen molar-refractivity contribution in [2.45, 2.75) is 76.4 Å². The highest BCUT2D eigenvalue weighted by molar-refractivity contribution is 7.92. The first-order valence-electron chi connectivity index (χ1n) is 14.1. The molecule has 7 nitrogen and oxygen atoms in total. The zero-order valence-corrected chi connectivity index (χ0v) is 24.7. The van der Waals surface area contributed by atoms with Crippen LogP contribution in [0.25, 0.3) is 0 Å². The van der Waals surface area contributed by atoms with Crippen LogP contribution in [0.4, 0.5) is 10.1 Å². The van der Waals surface area contributed by atoms with Crippen LogP contribution in [-0.4, -0.2) is 43.8 Å². The number of carbonyl (C=O) groups excluding carboxylic acids is 2. The number of sulfonamides is 1. The Hall–Kier alpha value is -3.72. The fourth-order valence-corrected chi connectivity index (χ4v) is 6.52. The van der Waals surface area contributed by atoms with E-state index >= 15 is 0 Å². The summed E-state index contributed by atoms with van der Waals surface area (Å²) in [5, 5.41) is 3.05. The smallest absolute Gasteiger partial charge is 0.264 e. The molecule has 41 heavy (non-hydrogen) atoms. The molecule has 3 aromatic carbocycles. The van der Waals surface area contributed by atoms with Crippen molar-refractivity contribution in [2.75, 3.05) is 10.8 Å². The molecule has 1 aliphatic carbocycles. The summed E-state index contributed by atoms with van der Waals surface area (Å²) < 4.78 is 43.6. The summed E-state index contributed by atoms with van der Waals surface area (Å²) in [7, 11) is -4.15. The van der Waals surface area contributed by atoms with Crippen molar-refractivity contribution in [1.29, 1.82) is 0 Å². The minimum Gasteiger partial charge on any atom is -0.352 e. The zero-order chi connectivity index (χ0) is 29.6. The highest BCUT2D eigenvalue weighted by atomic mass is 32.2. The van der Waals surface area contributed by atoms with Crippen molar-refractivity contribution in [3.63, 3.8) is 0 Å². The lowest BCUT2D eigenvalue weighted by atomic mass is 9.95. The number of anilines is 1. The summed E-state index contributed by atoms with van der Waals surface area (Å²) in [5.74, 6) is -1.46. The van der Waals surface area contributed by atoms with Crippen LogP contribution in [0.5, 0.6) is 0 Å². The van der Waals surface area contributed by atoms with Gasteiger partial charge in [-0.3, -0.25) is 13.9 Å². The lowest BCUT2D eigenvalue weighted by Gasteiger charge is -2.33. The first-order valence-corrected chi connectivity index (χ1v) is 15.5. The van der Waals surface area contributed by atoms with Crippen LogP contribution in [0.15, 0.2) is 77.7 Å². The Morgan fingerprint density at radius 3 is 2.27 bits per heavy atom. The largest absolute Gasteiger partial charge is 0.352 e. The molecule has 1 atom stereocenters.